The van der Waals surface area contributed by atoms with Crippen LogP contribution < -0.4 is 0 Å². The molecule has 4 nitrogen and oxygen atoms in total. The summed E-state index contributed by atoms with van der Waals surface area (Å²) in [6.45, 7) is 1.00. The second-order valence-electron chi connectivity index (χ2n) is 4.30. The van der Waals surface area contributed by atoms with Crippen molar-refractivity contribution in [3.8, 4) is 6.07 Å². The van der Waals surface area contributed by atoms with E-state index in [4.69, 9.17) is 5.26 Å². The minimum absolute atomic E-state index is 0.103. The van der Waals surface area contributed by atoms with Crippen LogP contribution in [0.3, 0.4) is 0 Å². The monoisotopic (exact) mass is 242 g/mol. The second kappa shape index (κ2) is 5.48. The van der Waals surface area contributed by atoms with E-state index >= 15 is 0 Å². The number of aliphatic hydroxyl groups excluding tert-OH is 1. The predicted octanol–water partition coefficient (Wildman–Crippen LogP) is 1.16. The van der Waals surface area contributed by atoms with E-state index in [9.17, 15) is 9.90 Å². The lowest BCUT2D eigenvalue weighted by Gasteiger charge is -2.12. The van der Waals surface area contributed by atoms with Crippen LogP contribution in [0, 0.1) is 11.3 Å². The molecule has 1 N–H and O–H groups in total. The molecule has 1 fully saturated rings. The number of nitriles is 1. The number of β-amino-alcohol motifs (C(OH)–C–C–N with tert-alkyl or cyclic N) is 1. The number of nitrogens with zero attached hydrogens (tertiary/aromatic N) is 2. The van der Waals surface area contributed by atoms with Crippen molar-refractivity contribution in [2.75, 3.05) is 13.1 Å². The van der Waals surface area contributed by atoms with Gasteiger partial charge in [-0.05, 0) is 30.2 Å². The molecule has 2 rings (SSSR count). The Hall–Kier alpha value is -2.12. The molecule has 4 heteroatoms. The molecule has 1 atom stereocenters. The molecule has 92 valence electrons. The highest BCUT2D eigenvalue weighted by Gasteiger charge is 2.22. The summed E-state index contributed by atoms with van der Waals surface area (Å²) in [5, 5.41) is 18.1. The number of benzene rings is 1. The number of rotatable bonds is 2. The van der Waals surface area contributed by atoms with Crippen LogP contribution in [0.4, 0.5) is 0 Å². The fraction of sp³-hybridized carbons (Fsp3) is 0.286. The smallest absolute Gasteiger partial charge is 0.246 e. The average molecular weight is 242 g/mol. The third-order valence-electron chi connectivity index (χ3n) is 2.91. The van der Waals surface area contributed by atoms with Crippen molar-refractivity contribution in [2.24, 2.45) is 0 Å². The number of carbonyl (C=O) groups excluding carboxylic acids is 1. The van der Waals surface area contributed by atoms with Crippen molar-refractivity contribution in [1.29, 1.82) is 5.26 Å². The van der Waals surface area contributed by atoms with E-state index < -0.39 is 6.10 Å². The Bertz CT molecular complexity index is 517. The molecule has 18 heavy (non-hydrogen) atoms. The normalized spacial score (nSPS) is 19.1. The number of amides is 1. The van der Waals surface area contributed by atoms with Gasteiger partial charge in [0.25, 0.3) is 0 Å². The van der Waals surface area contributed by atoms with Crippen LogP contribution in [0.2, 0.25) is 0 Å². The van der Waals surface area contributed by atoms with Crippen molar-refractivity contribution in [1.82, 2.24) is 4.90 Å². The van der Waals surface area contributed by atoms with E-state index in [1.165, 1.54) is 6.08 Å². The number of carbonyl (C=O) groups is 1. The van der Waals surface area contributed by atoms with Gasteiger partial charge in [0.15, 0.2) is 0 Å². The first-order chi connectivity index (χ1) is 8.69. The van der Waals surface area contributed by atoms with E-state index in [2.05, 4.69) is 6.07 Å². The first-order valence-electron chi connectivity index (χ1n) is 5.84. The summed E-state index contributed by atoms with van der Waals surface area (Å²) in [7, 11) is 0. The van der Waals surface area contributed by atoms with Gasteiger partial charge in [-0.2, -0.15) is 5.26 Å². The Morgan fingerprint density at radius 2 is 2.39 bits per heavy atom. The van der Waals surface area contributed by atoms with Crippen molar-refractivity contribution < 1.29 is 9.90 Å². The van der Waals surface area contributed by atoms with E-state index in [0.29, 0.717) is 25.1 Å². The highest BCUT2D eigenvalue weighted by Crippen LogP contribution is 2.11. The van der Waals surface area contributed by atoms with Crippen molar-refractivity contribution in [3.63, 3.8) is 0 Å². The summed E-state index contributed by atoms with van der Waals surface area (Å²) in [6.07, 6.45) is 3.41. The number of hydrogen-bond donors (Lipinski definition) is 1. The highest BCUT2D eigenvalue weighted by atomic mass is 16.3. The maximum atomic E-state index is 11.8. The molecule has 1 amide bonds. The lowest BCUT2D eigenvalue weighted by molar-refractivity contribution is -0.125. The van der Waals surface area contributed by atoms with Gasteiger partial charge in [0, 0.05) is 19.2 Å². The van der Waals surface area contributed by atoms with Crippen LogP contribution in [0.25, 0.3) is 6.08 Å². The van der Waals surface area contributed by atoms with Gasteiger partial charge in [-0.3, -0.25) is 4.79 Å². The predicted molar refractivity (Wildman–Crippen MR) is 67.4 cm³/mol. The highest BCUT2D eigenvalue weighted by molar-refractivity contribution is 5.92. The summed E-state index contributed by atoms with van der Waals surface area (Å²) >= 11 is 0. The van der Waals surface area contributed by atoms with Crippen LogP contribution in [0.15, 0.2) is 30.3 Å². The SMILES string of the molecule is N#Cc1cccc(/C=C/C(=O)N2CC[C@@H](O)C2)c1. The molecule has 0 radical (unpaired) electrons. The fourth-order valence-electron chi connectivity index (χ4n) is 1.93. The van der Waals surface area contributed by atoms with Crippen molar-refractivity contribution in [2.45, 2.75) is 12.5 Å². The van der Waals surface area contributed by atoms with Crippen molar-refractivity contribution in [3.05, 3.63) is 41.5 Å². The van der Waals surface area contributed by atoms with Gasteiger partial charge in [0.1, 0.15) is 0 Å². The molecule has 0 spiro atoms. The Morgan fingerprint density at radius 3 is 3.06 bits per heavy atom. The van der Waals surface area contributed by atoms with Gasteiger partial charge >= 0.3 is 0 Å². The standard InChI is InChI=1S/C14H14N2O2/c15-9-12-3-1-2-11(8-12)4-5-14(18)16-7-6-13(17)10-16/h1-5,8,13,17H,6-7,10H2/b5-4+/t13-/m1/s1. The molecular weight excluding hydrogens is 228 g/mol. The molecule has 0 aromatic heterocycles. The molecule has 0 aliphatic carbocycles. The molecule has 1 heterocycles. The maximum absolute atomic E-state index is 11.8. The fourth-order valence-corrected chi connectivity index (χ4v) is 1.93. The van der Waals surface area contributed by atoms with Crippen LogP contribution in [0.5, 0.6) is 0 Å². The Kier molecular flexibility index (Phi) is 3.75. The summed E-state index contributed by atoms with van der Waals surface area (Å²) < 4.78 is 0. The summed E-state index contributed by atoms with van der Waals surface area (Å²) in [5.74, 6) is -0.103. The van der Waals surface area contributed by atoms with E-state index in [-0.39, 0.29) is 5.91 Å². The zero-order valence-electron chi connectivity index (χ0n) is 9.91. The number of hydrogen-bond acceptors (Lipinski definition) is 3. The van der Waals surface area contributed by atoms with Gasteiger partial charge < -0.3 is 10.0 Å². The Morgan fingerprint density at radius 1 is 1.56 bits per heavy atom. The van der Waals surface area contributed by atoms with E-state index in [1.807, 2.05) is 6.07 Å². The summed E-state index contributed by atoms with van der Waals surface area (Å²) in [5.41, 5.74) is 1.39. The van der Waals surface area contributed by atoms with Gasteiger partial charge in [0.2, 0.25) is 5.91 Å². The third kappa shape index (κ3) is 2.96. The Balaban J connectivity index is 2.02. The van der Waals surface area contributed by atoms with E-state index in [1.54, 1.807) is 29.2 Å². The Labute approximate surface area is 106 Å². The lowest BCUT2D eigenvalue weighted by atomic mass is 10.1. The van der Waals surface area contributed by atoms with Gasteiger partial charge in [-0.25, -0.2) is 0 Å². The lowest BCUT2D eigenvalue weighted by Crippen LogP contribution is -2.27. The first-order valence-corrected chi connectivity index (χ1v) is 5.84. The van der Waals surface area contributed by atoms with Crippen LogP contribution >= 0.6 is 0 Å². The molecule has 0 unspecified atom stereocenters. The van der Waals surface area contributed by atoms with Gasteiger partial charge in [-0.1, -0.05) is 12.1 Å². The third-order valence-corrected chi connectivity index (χ3v) is 2.91. The number of aliphatic hydroxyl groups is 1. The average Bonchev–Trinajstić information content (AvgIpc) is 2.83. The van der Waals surface area contributed by atoms with Crippen LogP contribution in [-0.2, 0) is 4.79 Å². The van der Waals surface area contributed by atoms with E-state index in [0.717, 1.165) is 5.56 Å². The number of likely N-dealkylation sites (tertiary alicyclic amines) is 1. The van der Waals surface area contributed by atoms with Crippen LogP contribution in [0.1, 0.15) is 17.5 Å². The molecule has 1 aromatic carbocycles. The molecular formula is C14H14N2O2. The quantitative estimate of drug-likeness (QED) is 0.792. The first kappa shape index (κ1) is 12.3. The zero-order chi connectivity index (χ0) is 13.0. The van der Waals surface area contributed by atoms with Gasteiger partial charge in [0.05, 0.1) is 17.7 Å². The zero-order valence-corrected chi connectivity index (χ0v) is 9.91. The molecule has 0 saturated carbocycles. The summed E-state index contributed by atoms with van der Waals surface area (Å²) in [4.78, 5) is 13.4. The minimum Gasteiger partial charge on any atom is -0.391 e. The largest absolute Gasteiger partial charge is 0.391 e. The minimum atomic E-state index is -0.399. The van der Waals surface area contributed by atoms with Crippen LogP contribution in [-0.4, -0.2) is 35.1 Å². The van der Waals surface area contributed by atoms with Gasteiger partial charge in [-0.15, -0.1) is 0 Å². The molecule has 1 saturated heterocycles. The molecule has 1 aliphatic heterocycles. The molecule has 1 aliphatic rings. The molecule has 0 bridgehead atoms. The second-order valence-corrected chi connectivity index (χ2v) is 4.30. The maximum Gasteiger partial charge on any atom is 0.246 e. The molecule has 1 aromatic rings. The topological polar surface area (TPSA) is 64.3 Å². The summed E-state index contributed by atoms with van der Waals surface area (Å²) in [6, 6.07) is 9.11. The van der Waals surface area contributed by atoms with Crippen molar-refractivity contribution >= 4 is 12.0 Å².